The first-order valence-electron chi connectivity index (χ1n) is 12.0. The molecule has 3 aliphatic heterocycles. The number of anilines is 1. The van der Waals surface area contributed by atoms with Gasteiger partial charge in [-0.05, 0) is 76.2 Å². The van der Waals surface area contributed by atoms with Crippen LogP contribution in [0, 0.1) is 5.41 Å². The number of para-hydroxylation sites is 1. The molecule has 0 saturated carbocycles. The smallest absolute Gasteiger partial charge is 0.254 e. The van der Waals surface area contributed by atoms with Gasteiger partial charge in [-0.2, -0.15) is 0 Å². The quantitative estimate of drug-likeness (QED) is 0.767. The van der Waals surface area contributed by atoms with E-state index in [0.717, 1.165) is 57.1 Å². The number of nitrogens with zero attached hydrogens (tertiary/aromatic N) is 3. The highest BCUT2D eigenvalue weighted by atomic mass is 16.6. The standard InChI is InChI=1S/C26H34N4O3/c1-25(2)18-32-21-5-3-4-20(23(21)33-25)17-29-12-7-26(8-13-29)9-14-30(15-10-26)24(31)19-6-11-28-22(27)16-19/h3-6,11,16H,7-10,12-15,17-18H2,1-2H3,(H2,27,28). The monoisotopic (exact) mass is 450 g/mol. The summed E-state index contributed by atoms with van der Waals surface area (Å²) in [6, 6.07) is 9.63. The molecule has 1 aromatic carbocycles. The van der Waals surface area contributed by atoms with Gasteiger partial charge in [-0.15, -0.1) is 0 Å². The minimum atomic E-state index is -0.303. The van der Waals surface area contributed by atoms with Crippen molar-refractivity contribution in [1.29, 1.82) is 0 Å². The maximum Gasteiger partial charge on any atom is 0.254 e. The highest BCUT2D eigenvalue weighted by Crippen LogP contribution is 2.43. The van der Waals surface area contributed by atoms with Crippen molar-refractivity contribution >= 4 is 11.7 Å². The van der Waals surface area contributed by atoms with Gasteiger partial charge in [0.25, 0.3) is 5.91 Å². The molecule has 2 saturated heterocycles. The van der Waals surface area contributed by atoms with Crippen LogP contribution >= 0.6 is 0 Å². The molecule has 1 amide bonds. The maximum atomic E-state index is 12.9. The number of nitrogen functional groups attached to an aromatic ring is 1. The Morgan fingerprint density at radius 1 is 1.09 bits per heavy atom. The number of carbonyl (C=O) groups excluding carboxylic acids is 1. The molecule has 176 valence electrons. The lowest BCUT2D eigenvalue weighted by Crippen LogP contribution is -2.48. The van der Waals surface area contributed by atoms with Crippen molar-refractivity contribution in [3.05, 3.63) is 47.7 Å². The van der Waals surface area contributed by atoms with Crippen molar-refractivity contribution in [2.24, 2.45) is 5.41 Å². The number of aromatic nitrogens is 1. The maximum absolute atomic E-state index is 12.9. The van der Waals surface area contributed by atoms with Crippen LogP contribution in [0.15, 0.2) is 36.5 Å². The first kappa shape index (κ1) is 22.0. The van der Waals surface area contributed by atoms with Crippen LogP contribution in [0.4, 0.5) is 5.82 Å². The zero-order valence-corrected chi connectivity index (χ0v) is 19.7. The molecule has 1 spiro atoms. The second kappa shape index (κ2) is 8.52. The second-order valence-electron chi connectivity index (χ2n) is 10.4. The highest BCUT2D eigenvalue weighted by Gasteiger charge is 2.39. The van der Waals surface area contributed by atoms with Crippen LogP contribution in [0.25, 0.3) is 0 Å². The summed E-state index contributed by atoms with van der Waals surface area (Å²) >= 11 is 0. The molecule has 2 fully saturated rings. The molecule has 4 heterocycles. The first-order valence-corrected chi connectivity index (χ1v) is 12.0. The van der Waals surface area contributed by atoms with Gasteiger partial charge in [0.1, 0.15) is 18.0 Å². The zero-order valence-electron chi connectivity index (χ0n) is 19.7. The Morgan fingerprint density at radius 3 is 2.55 bits per heavy atom. The number of hydrogen-bond donors (Lipinski definition) is 1. The van der Waals surface area contributed by atoms with Crippen LogP contribution in [-0.4, -0.2) is 59.1 Å². The fourth-order valence-corrected chi connectivity index (χ4v) is 5.35. The minimum absolute atomic E-state index is 0.0652. The van der Waals surface area contributed by atoms with Gasteiger partial charge in [0, 0.05) is 37.0 Å². The molecule has 0 atom stereocenters. The van der Waals surface area contributed by atoms with Crippen molar-refractivity contribution < 1.29 is 14.3 Å². The van der Waals surface area contributed by atoms with Crippen LogP contribution in [-0.2, 0) is 6.54 Å². The minimum Gasteiger partial charge on any atom is -0.486 e. The molecule has 5 rings (SSSR count). The van der Waals surface area contributed by atoms with Gasteiger partial charge in [0.05, 0.1) is 0 Å². The molecule has 3 aliphatic rings. The third-order valence-corrected chi connectivity index (χ3v) is 7.46. The van der Waals surface area contributed by atoms with E-state index in [1.807, 2.05) is 11.0 Å². The number of likely N-dealkylation sites (tertiary alicyclic amines) is 2. The van der Waals surface area contributed by atoms with E-state index in [2.05, 4.69) is 35.9 Å². The Balaban J connectivity index is 1.17. The number of piperidine rings is 2. The van der Waals surface area contributed by atoms with Crippen molar-refractivity contribution in [2.75, 3.05) is 38.5 Å². The molecule has 7 nitrogen and oxygen atoms in total. The predicted molar refractivity (Wildman–Crippen MR) is 127 cm³/mol. The van der Waals surface area contributed by atoms with Crippen LogP contribution in [0.2, 0.25) is 0 Å². The number of pyridine rings is 1. The first-order chi connectivity index (χ1) is 15.8. The molecule has 0 unspecified atom stereocenters. The summed E-state index contributed by atoms with van der Waals surface area (Å²) in [5.74, 6) is 2.21. The summed E-state index contributed by atoms with van der Waals surface area (Å²) in [5, 5.41) is 0. The Morgan fingerprint density at radius 2 is 1.82 bits per heavy atom. The molecule has 33 heavy (non-hydrogen) atoms. The van der Waals surface area contributed by atoms with Crippen LogP contribution in [0.3, 0.4) is 0 Å². The summed E-state index contributed by atoms with van der Waals surface area (Å²) in [7, 11) is 0. The van der Waals surface area contributed by atoms with Crippen molar-refractivity contribution in [3.8, 4) is 11.5 Å². The molecule has 2 N–H and O–H groups in total. The van der Waals surface area contributed by atoms with E-state index in [1.165, 1.54) is 18.4 Å². The summed E-state index contributed by atoms with van der Waals surface area (Å²) < 4.78 is 12.2. The molecule has 7 heteroatoms. The highest BCUT2D eigenvalue weighted by molar-refractivity contribution is 5.94. The summed E-state index contributed by atoms with van der Waals surface area (Å²) in [4.78, 5) is 21.3. The van der Waals surface area contributed by atoms with E-state index in [4.69, 9.17) is 15.2 Å². The zero-order chi connectivity index (χ0) is 23.1. The average molecular weight is 451 g/mol. The third-order valence-electron chi connectivity index (χ3n) is 7.46. The number of rotatable bonds is 3. The normalized spacial score (nSPS) is 21.7. The lowest BCUT2D eigenvalue weighted by molar-refractivity contribution is 0.0163. The Hall–Kier alpha value is -2.80. The number of nitrogens with two attached hydrogens (primary N) is 1. The SMILES string of the molecule is CC1(C)COc2cccc(CN3CCC4(CC3)CCN(C(=O)c3ccnc(N)c3)CC4)c2O1. The number of hydrogen-bond acceptors (Lipinski definition) is 6. The molecule has 0 radical (unpaired) electrons. The van der Waals surface area contributed by atoms with Gasteiger partial charge < -0.3 is 20.1 Å². The van der Waals surface area contributed by atoms with Crippen molar-refractivity contribution in [3.63, 3.8) is 0 Å². The van der Waals surface area contributed by atoms with Gasteiger partial charge in [-0.1, -0.05) is 12.1 Å². The van der Waals surface area contributed by atoms with Crippen molar-refractivity contribution in [1.82, 2.24) is 14.8 Å². The Kier molecular flexibility index (Phi) is 5.69. The molecule has 0 aliphatic carbocycles. The number of ether oxygens (including phenoxy) is 2. The summed E-state index contributed by atoms with van der Waals surface area (Å²) in [6.45, 7) is 9.36. The lowest BCUT2D eigenvalue weighted by Gasteiger charge is -2.47. The van der Waals surface area contributed by atoms with Gasteiger partial charge in [0.2, 0.25) is 0 Å². The summed E-state index contributed by atoms with van der Waals surface area (Å²) in [6.07, 6.45) is 6.09. The van der Waals surface area contributed by atoms with Crippen LogP contribution in [0.5, 0.6) is 11.5 Å². The molecule has 0 bridgehead atoms. The predicted octanol–water partition coefficient (Wildman–Crippen LogP) is 3.73. The molecular weight excluding hydrogens is 416 g/mol. The number of benzene rings is 1. The van der Waals surface area contributed by atoms with E-state index in [0.29, 0.717) is 23.4 Å². The molecular formula is C26H34N4O3. The van der Waals surface area contributed by atoms with E-state index >= 15 is 0 Å². The number of carbonyl (C=O) groups is 1. The lowest BCUT2D eigenvalue weighted by atomic mass is 9.71. The van der Waals surface area contributed by atoms with E-state index in [-0.39, 0.29) is 11.5 Å². The largest absolute Gasteiger partial charge is 0.486 e. The van der Waals surface area contributed by atoms with Gasteiger partial charge >= 0.3 is 0 Å². The number of fused-ring (bicyclic) bond motifs is 1. The fourth-order valence-electron chi connectivity index (χ4n) is 5.35. The molecule has 2 aromatic rings. The third kappa shape index (κ3) is 4.64. The van der Waals surface area contributed by atoms with E-state index in [1.54, 1.807) is 18.3 Å². The Bertz CT molecular complexity index is 1020. The van der Waals surface area contributed by atoms with Crippen LogP contribution < -0.4 is 15.2 Å². The number of amides is 1. The topological polar surface area (TPSA) is 80.9 Å². The van der Waals surface area contributed by atoms with Crippen LogP contribution in [0.1, 0.15) is 55.5 Å². The van der Waals surface area contributed by atoms with Gasteiger partial charge in [-0.3, -0.25) is 9.69 Å². The van der Waals surface area contributed by atoms with Gasteiger partial charge in [0.15, 0.2) is 11.5 Å². The molecule has 1 aromatic heterocycles. The van der Waals surface area contributed by atoms with E-state index in [9.17, 15) is 4.79 Å². The van der Waals surface area contributed by atoms with Gasteiger partial charge in [-0.25, -0.2) is 4.98 Å². The Labute approximate surface area is 195 Å². The summed E-state index contributed by atoms with van der Waals surface area (Å²) in [5.41, 5.74) is 7.64. The van der Waals surface area contributed by atoms with Crippen molar-refractivity contribution in [2.45, 2.75) is 51.7 Å². The average Bonchev–Trinajstić information content (AvgIpc) is 2.81. The fraction of sp³-hybridized carbons (Fsp3) is 0.538. The van der Waals surface area contributed by atoms with E-state index < -0.39 is 0 Å². The second-order valence-corrected chi connectivity index (χ2v) is 10.4.